The number of benzene rings is 1. The molecule has 7 heteroatoms. The molecule has 0 heterocycles. The van der Waals surface area contributed by atoms with Gasteiger partial charge in [-0.2, -0.15) is 4.72 Å². The average Bonchev–Trinajstić information content (AvgIpc) is 2.43. The Kier molecular flexibility index (Phi) is 6.12. The fourth-order valence-electron chi connectivity index (χ4n) is 1.63. The third-order valence-corrected chi connectivity index (χ3v) is 4.34. The van der Waals surface area contributed by atoms with Crippen LogP contribution in [-0.4, -0.2) is 39.3 Å². The van der Waals surface area contributed by atoms with Crippen molar-refractivity contribution < 1.29 is 23.1 Å². The molecule has 6 nitrogen and oxygen atoms in total. The zero-order valence-electron chi connectivity index (χ0n) is 11.5. The summed E-state index contributed by atoms with van der Waals surface area (Å²) in [6, 6.07) is 5.15. The van der Waals surface area contributed by atoms with E-state index in [2.05, 4.69) is 4.72 Å². The summed E-state index contributed by atoms with van der Waals surface area (Å²) < 4.78 is 31.1. The third kappa shape index (κ3) is 4.59. The van der Waals surface area contributed by atoms with Gasteiger partial charge in [-0.25, -0.2) is 8.42 Å². The van der Waals surface area contributed by atoms with Crippen LogP contribution in [0.15, 0.2) is 29.2 Å². The van der Waals surface area contributed by atoms with Gasteiger partial charge in [0.25, 0.3) is 0 Å². The van der Waals surface area contributed by atoms with Crippen LogP contribution in [0.25, 0.3) is 0 Å². The number of methoxy groups -OCH3 is 1. The van der Waals surface area contributed by atoms with Gasteiger partial charge in [0.2, 0.25) is 10.0 Å². The molecule has 0 amide bonds. The second-order valence-electron chi connectivity index (χ2n) is 4.29. The molecule has 1 atom stereocenters. The van der Waals surface area contributed by atoms with Crippen molar-refractivity contribution in [2.75, 3.05) is 13.7 Å². The minimum absolute atomic E-state index is 0.0540. The molecule has 0 radical (unpaired) electrons. The lowest BCUT2D eigenvalue weighted by Gasteiger charge is -2.14. The molecule has 1 unspecified atom stereocenters. The smallest absolute Gasteiger partial charge is 0.321 e. The molecule has 20 heavy (non-hydrogen) atoms. The van der Waals surface area contributed by atoms with Gasteiger partial charge in [-0.1, -0.05) is 19.1 Å². The van der Waals surface area contributed by atoms with Crippen molar-refractivity contribution in [2.45, 2.75) is 30.7 Å². The molecule has 0 saturated carbocycles. The van der Waals surface area contributed by atoms with E-state index < -0.39 is 22.0 Å². The summed E-state index contributed by atoms with van der Waals surface area (Å²) in [5.41, 5.74) is 1.01. The highest BCUT2D eigenvalue weighted by Gasteiger charge is 2.24. The van der Waals surface area contributed by atoms with Crippen molar-refractivity contribution in [3.05, 3.63) is 29.8 Å². The Morgan fingerprint density at radius 2 is 1.95 bits per heavy atom. The van der Waals surface area contributed by atoms with Crippen molar-refractivity contribution >= 4 is 16.0 Å². The van der Waals surface area contributed by atoms with E-state index in [9.17, 15) is 13.2 Å². The standard InChI is InChI=1S/C13H19NO5S/c1-3-10-4-6-11(7-5-10)20(17,18)14-12(13(15)16)8-9-19-2/h4-7,12,14H,3,8-9H2,1-2H3,(H,15,16). The molecule has 2 N–H and O–H groups in total. The molecule has 0 fully saturated rings. The minimum Gasteiger partial charge on any atom is -0.480 e. The number of hydrogen-bond acceptors (Lipinski definition) is 4. The summed E-state index contributed by atoms with van der Waals surface area (Å²) in [4.78, 5) is 11.1. The first kappa shape index (κ1) is 16.6. The van der Waals surface area contributed by atoms with E-state index in [0.717, 1.165) is 12.0 Å². The first-order valence-corrected chi connectivity index (χ1v) is 7.72. The average molecular weight is 301 g/mol. The second kappa shape index (κ2) is 7.37. The lowest BCUT2D eigenvalue weighted by Crippen LogP contribution is -2.41. The Morgan fingerprint density at radius 3 is 2.40 bits per heavy atom. The quantitative estimate of drug-likeness (QED) is 0.747. The number of sulfonamides is 1. The van der Waals surface area contributed by atoms with Crippen LogP contribution in [0, 0.1) is 0 Å². The van der Waals surface area contributed by atoms with Gasteiger partial charge in [0.15, 0.2) is 0 Å². The summed E-state index contributed by atoms with van der Waals surface area (Å²) in [5.74, 6) is -1.23. The van der Waals surface area contributed by atoms with Gasteiger partial charge in [0.05, 0.1) is 4.90 Å². The molecule has 1 aromatic rings. The predicted molar refractivity (Wildman–Crippen MR) is 74.1 cm³/mol. The Morgan fingerprint density at radius 1 is 1.35 bits per heavy atom. The van der Waals surface area contributed by atoms with E-state index in [1.165, 1.54) is 19.2 Å². The van der Waals surface area contributed by atoms with Crippen LogP contribution < -0.4 is 4.72 Å². The largest absolute Gasteiger partial charge is 0.480 e. The van der Waals surface area contributed by atoms with Crippen molar-refractivity contribution in [3.8, 4) is 0 Å². The zero-order chi connectivity index (χ0) is 15.2. The van der Waals surface area contributed by atoms with Crippen LogP contribution >= 0.6 is 0 Å². The summed E-state index contributed by atoms with van der Waals surface area (Å²) in [7, 11) is -2.42. The monoisotopic (exact) mass is 301 g/mol. The highest BCUT2D eigenvalue weighted by atomic mass is 32.2. The first-order valence-electron chi connectivity index (χ1n) is 6.23. The maximum Gasteiger partial charge on any atom is 0.321 e. The highest BCUT2D eigenvalue weighted by Crippen LogP contribution is 2.12. The molecule has 0 aliphatic heterocycles. The van der Waals surface area contributed by atoms with E-state index in [1.54, 1.807) is 12.1 Å². The fraction of sp³-hybridized carbons (Fsp3) is 0.462. The van der Waals surface area contributed by atoms with E-state index in [-0.39, 0.29) is 17.9 Å². The Balaban J connectivity index is 2.88. The molecule has 1 rings (SSSR count). The normalized spacial score (nSPS) is 13.1. The number of ether oxygens (including phenoxy) is 1. The molecule has 112 valence electrons. The lowest BCUT2D eigenvalue weighted by atomic mass is 10.2. The van der Waals surface area contributed by atoms with Crippen LogP contribution in [0.5, 0.6) is 0 Å². The molecule has 0 aromatic heterocycles. The predicted octanol–water partition coefficient (Wildman–Crippen LogP) is 1.02. The van der Waals surface area contributed by atoms with Crippen molar-refractivity contribution in [1.29, 1.82) is 0 Å². The van der Waals surface area contributed by atoms with Crippen LogP contribution in [0.3, 0.4) is 0 Å². The summed E-state index contributed by atoms with van der Waals surface area (Å²) in [6.07, 6.45) is 0.872. The maximum atomic E-state index is 12.1. The van der Waals surface area contributed by atoms with Crippen LogP contribution in [0.2, 0.25) is 0 Å². The van der Waals surface area contributed by atoms with Gasteiger partial charge in [-0.05, 0) is 30.5 Å². The Labute approximate surface area is 118 Å². The lowest BCUT2D eigenvalue weighted by molar-refractivity contribution is -0.139. The SMILES string of the molecule is CCc1ccc(S(=O)(=O)NC(CCOC)C(=O)O)cc1. The second-order valence-corrected chi connectivity index (χ2v) is 6.01. The zero-order valence-corrected chi connectivity index (χ0v) is 12.3. The number of aliphatic carboxylic acids is 1. The number of carbonyl (C=O) groups is 1. The summed E-state index contributed by atoms with van der Waals surface area (Å²) in [5, 5.41) is 9.01. The number of carboxylic acid groups (broad SMARTS) is 1. The Hall–Kier alpha value is -1.44. The topological polar surface area (TPSA) is 92.7 Å². The van der Waals surface area contributed by atoms with Gasteiger partial charge in [0, 0.05) is 13.7 Å². The van der Waals surface area contributed by atoms with Gasteiger partial charge in [-0.3, -0.25) is 4.79 Å². The number of hydrogen-bond donors (Lipinski definition) is 2. The molecule has 0 spiro atoms. The number of nitrogens with one attached hydrogen (secondary N) is 1. The highest BCUT2D eigenvalue weighted by molar-refractivity contribution is 7.89. The molecule has 0 saturated heterocycles. The maximum absolute atomic E-state index is 12.1. The first-order chi connectivity index (χ1) is 9.40. The summed E-state index contributed by atoms with van der Waals surface area (Å²) in [6.45, 7) is 2.13. The van der Waals surface area contributed by atoms with E-state index >= 15 is 0 Å². The fourth-order valence-corrected chi connectivity index (χ4v) is 2.85. The van der Waals surface area contributed by atoms with Crippen LogP contribution in [0.1, 0.15) is 18.9 Å². The number of carboxylic acids is 1. The molecule has 0 bridgehead atoms. The van der Waals surface area contributed by atoms with E-state index in [4.69, 9.17) is 9.84 Å². The van der Waals surface area contributed by atoms with Gasteiger partial charge >= 0.3 is 5.97 Å². The molecule has 0 aliphatic rings. The van der Waals surface area contributed by atoms with Crippen LogP contribution in [-0.2, 0) is 26.0 Å². The summed E-state index contributed by atoms with van der Waals surface area (Å²) >= 11 is 0. The molecular weight excluding hydrogens is 282 g/mol. The molecular formula is C13H19NO5S. The van der Waals surface area contributed by atoms with Crippen molar-refractivity contribution in [3.63, 3.8) is 0 Å². The number of rotatable bonds is 8. The van der Waals surface area contributed by atoms with Crippen molar-refractivity contribution in [2.24, 2.45) is 0 Å². The number of aryl methyl sites for hydroxylation is 1. The van der Waals surface area contributed by atoms with E-state index in [1.807, 2.05) is 6.92 Å². The van der Waals surface area contributed by atoms with Gasteiger partial charge in [0.1, 0.15) is 6.04 Å². The van der Waals surface area contributed by atoms with Crippen LogP contribution in [0.4, 0.5) is 0 Å². The van der Waals surface area contributed by atoms with Crippen molar-refractivity contribution in [1.82, 2.24) is 4.72 Å². The van der Waals surface area contributed by atoms with Gasteiger partial charge in [-0.15, -0.1) is 0 Å². The minimum atomic E-state index is -3.85. The Bertz CT molecular complexity index is 538. The third-order valence-electron chi connectivity index (χ3n) is 2.85. The molecule has 0 aliphatic carbocycles. The van der Waals surface area contributed by atoms with Gasteiger partial charge < -0.3 is 9.84 Å². The molecule has 1 aromatic carbocycles. The van der Waals surface area contributed by atoms with E-state index in [0.29, 0.717) is 0 Å².